The fourth-order valence-corrected chi connectivity index (χ4v) is 4.36. The van der Waals surface area contributed by atoms with Crippen LogP contribution in [0.5, 0.6) is 0 Å². The maximum Gasteiger partial charge on any atom is 0.153 e. The van der Waals surface area contributed by atoms with Gasteiger partial charge in [-0.25, -0.2) is 8.78 Å². The molecule has 0 bridgehead atoms. The molecule has 0 heterocycles. The number of nitrogens with zero attached hydrogens (tertiary/aromatic N) is 1. The topological polar surface area (TPSA) is 12.4 Å². The van der Waals surface area contributed by atoms with Gasteiger partial charge >= 0.3 is 0 Å². The molecule has 2 fully saturated rings. The number of halogens is 2. The largest absolute Gasteiger partial charge is 0.204 e. The minimum Gasteiger partial charge on any atom is -0.204 e. The van der Waals surface area contributed by atoms with E-state index in [-0.39, 0.29) is 5.56 Å². The molecule has 0 unspecified atom stereocenters. The van der Waals surface area contributed by atoms with Crippen LogP contribution in [-0.4, -0.2) is 5.16 Å². The van der Waals surface area contributed by atoms with Crippen LogP contribution in [0, 0.1) is 35.3 Å². The molecule has 2 aliphatic rings. The van der Waals surface area contributed by atoms with Crippen LogP contribution >= 0.6 is 12.2 Å². The average Bonchev–Trinajstić information content (AvgIpc) is 3.55. The summed E-state index contributed by atoms with van der Waals surface area (Å²) in [4.78, 5) is 3.40. The highest BCUT2D eigenvalue weighted by molar-refractivity contribution is 7.78. The van der Waals surface area contributed by atoms with Crippen molar-refractivity contribution in [3.63, 3.8) is 0 Å². The Morgan fingerprint density at radius 1 is 0.786 bits per heavy atom. The SMILES string of the molecule is Fc1cc(C#Cc2ccc(C3CCC(C4CC4)CC3)cc2)cc(F)c1N=C=S. The van der Waals surface area contributed by atoms with Crippen LogP contribution in [0.3, 0.4) is 0 Å². The first-order valence-corrected chi connectivity index (χ1v) is 10.2. The Bertz CT molecular complexity index is 945. The Labute approximate surface area is 169 Å². The number of rotatable bonds is 3. The third-order valence-corrected chi connectivity index (χ3v) is 6.06. The van der Waals surface area contributed by atoms with Gasteiger partial charge in [0.1, 0.15) is 5.69 Å². The summed E-state index contributed by atoms with van der Waals surface area (Å²) in [6, 6.07) is 10.6. The van der Waals surface area contributed by atoms with E-state index in [0.717, 1.165) is 29.5 Å². The van der Waals surface area contributed by atoms with Gasteiger partial charge in [0.05, 0.1) is 5.16 Å². The molecule has 0 radical (unpaired) electrons. The Morgan fingerprint density at radius 3 is 1.86 bits per heavy atom. The molecule has 2 aromatic rings. The van der Waals surface area contributed by atoms with E-state index in [0.29, 0.717) is 5.92 Å². The molecule has 0 aromatic heterocycles. The molecule has 0 aliphatic heterocycles. The average molecular weight is 394 g/mol. The predicted octanol–water partition coefficient (Wildman–Crippen LogP) is 6.78. The molecule has 0 amide bonds. The maximum absolute atomic E-state index is 13.9. The highest BCUT2D eigenvalue weighted by Crippen LogP contribution is 2.47. The maximum atomic E-state index is 13.9. The molecule has 2 aliphatic carbocycles. The Balaban J connectivity index is 1.43. The number of isothiocyanates is 1. The van der Waals surface area contributed by atoms with Gasteiger partial charge < -0.3 is 0 Å². The molecular formula is C24H21F2NS. The van der Waals surface area contributed by atoms with Crippen LogP contribution in [0.25, 0.3) is 0 Å². The summed E-state index contributed by atoms with van der Waals surface area (Å²) in [5, 5.41) is 1.98. The van der Waals surface area contributed by atoms with Gasteiger partial charge in [-0.1, -0.05) is 24.0 Å². The van der Waals surface area contributed by atoms with Crippen LogP contribution in [-0.2, 0) is 0 Å². The van der Waals surface area contributed by atoms with Gasteiger partial charge in [0.15, 0.2) is 11.6 Å². The monoisotopic (exact) mass is 393 g/mol. The van der Waals surface area contributed by atoms with E-state index in [2.05, 4.69) is 41.2 Å². The zero-order valence-electron chi connectivity index (χ0n) is 15.6. The van der Waals surface area contributed by atoms with Crippen molar-refractivity contribution in [3.8, 4) is 11.8 Å². The van der Waals surface area contributed by atoms with Gasteiger partial charge in [-0.3, -0.25) is 0 Å². The lowest BCUT2D eigenvalue weighted by molar-refractivity contribution is 0.296. The molecule has 28 heavy (non-hydrogen) atoms. The minimum atomic E-state index is -0.793. The van der Waals surface area contributed by atoms with Crippen molar-refractivity contribution in [1.82, 2.24) is 0 Å². The van der Waals surface area contributed by atoms with E-state index >= 15 is 0 Å². The Kier molecular flexibility index (Phi) is 5.67. The molecule has 142 valence electrons. The molecule has 0 spiro atoms. The lowest BCUT2D eigenvalue weighted by Crippen LogP contribution is -2.14. The van der Waals surface area contributed by atoms with Crippen molar-refractivity contribution in [2.45, 2.75) is 44.4 Å². The Morgan fingerprint density at radius 2 is 1.32 bits per heavy atom. The molecule has 2 saturated carbocycles. The minimum absolute atomic E-state index is 0.265. The molecule has 4 rings (SSSR count). The van der Waals surface area contributed by atoms with E-state index < -0.39 is 17.3 Å². The Hall–Kier alpha value is -2.34. The van der Waals surface area contributed by atoms with Crippen molar-refractivity contribution in [2.75, 3.05) is 0 Å². The highest BCUT2D eigenvalue weighted by Gasteiger charge is 2.34. The molecule has 4 heteroatoms. The van der Waals surface area contributed by atoms with E-state index in [1.54, 1.807) is 0 Å². The second-order valence-corrected chi connectivity index (χ2v) is 8.00. The smallest absolute Gasteiger partial charge is 0.153 e. The highest BCUT2D eigenvalue weighted by atomic mass is 32.1. The van der Waals surface area contributed by atoms with E-state index in [9.17, 15) is 8.78 Å². The van der Waals surface area contributed by atoms with Crippen LogP contribution in [0.4, 0.5) is 14.5 Å². The summed E-state index contributed by atoms with van der Waals surface area (Å²) in [7, 11) is 0. The van der Waals surface area contributed by atoms with Crippen molar-refractivity contribution < 1.29 is 8.78 Å². The molecule has 1 nitrogen and oxygen atoms in total. The van der Waals surface area contributed by atoms with Crippen molar-refractivity contribution in [2.24, 2.45) is 16.8 Å². The third-order valence-electron chi connectivity index (χ3n) is 5.97. The van der Waals surface area contributed by atoms with Crippen LogP contribution < -0.4 is 0 Å². The number of aliphatic imine (C=N–C) groups is 1. The molecule has 2 aromatic carbocycles. The van der Waals surface area contributed by atoms with E-state index in [4.69, 9.17) is 0 Å². The second-order valence-electron chi connectivity index (χ2n) is 7.81. The quantitative estimate of drug-likeness (QED) is 0.318. The second kappa shape index (κ2) is 8.35. The van der Waals surface area contributed by atoms with Gasteiger partial charge in [0.25, 0.3) is 0 Å². The zero-order chi connectivity index (χ0) is 19.5. The number of hydrogen-bond acceptors (Lipinski definition) is 2. The zero-order valence-corrected chi connectivity index (χ0v) is 16.4. The normalized spacial score (nSPS) is 21.4. The first-order chi connectivity index (χ1) is 13.6. The van der Waals surface area contributed by atoms with Gasteiger partial charge in [0, 0.05) is 11.1 Å². The van der Waals surface area contributed by atoms with Gasteiger partial charge in [-0.2, -0.15) is 4.99 Å². The lowest BCUT2D eigenvalue weighted by Gasteiger charge is -2.28. The first-order valence-electron chi connectivity index (χ1n) is 9.83. The van der Waals surface area contributed by atoms with Gasteiger partial charge in [-0.15, -0.1) is 0 Å². The van der Waals surface area contributed by atoms with E-state index in [1.165, 1.54) is 44.1 Å². The molecular weight excluding hydrogens is 372 g/mol. The fourth-order valence-electron chi connectivity index (χ4n) is 4.26. The summed E-state index contributed by atoms with van der Waals surface area (Å²) in [6.07, 6.45) is 8.16. The van der Waals surface area contributed by atoms with Crippen LogP contribution in [0.2, 0.25) is 0 Å². The first kappa shape index (κ1) is 19.0. The summed E-state index contributed by atoms with van der Waals surface area (Å²) < 4.78 is 27.8. The van der Waals surface area contributed by atoms with Crippen molar-refractivity contribution in [3.05, 3.63) is 64.7 Å². The number of benzene rings is 2. The van der Waals surface area contributed by atoms with Crippen molar-refractivity contribution >= 4 is 23.1 Å². The molecule has 0 saturated heterocycles. The standard InChI is InChI=1S/C24H21F2NS/c25-22-13-17(14-23(26)24(22)27-15-28)2-1-16-3-5-18(6-4-16)19-7-9-20(10-8-19)21-11-12-21/h3-6,13-14,19-21H,7-12H2. The molecule has 0 N–H and O–H groups in total. The molecule has 0 atom stereocenters. The van der Waals surface area contributed by atoms with Crippen LogP contribution in [0.1, 0.15) is 61.1 Å². The lowest BCUT2D eigenvalue weighted by atomic mass is 9.77. The fraction of sp³-hybridized carbons (Fsp3) is 0.375. The van der Waals surface area contributed by atoms with Crippen LogP contribution in [0.15, 0.2) is 41.4 Å². The van der Waals surface area contributed by atoms with Gasteiger partial charge in [0.2, 0.25) is 0 Å². The third kappa shape index (κ3) is 4.38. The summed E-state index contributed by atoms with van der Waals surface area (Å²) in [5.41, 5.74) is 2.04. The van der Waals surface area contributed by atoms with Crippen molar-refractivity contribution in [1.29, 1.82) is 0 Å². The predicted molar refractivity (Wildman–Crippen MR) is 111 cm³/mol. The number of hydrogen-bond donors (Lipinski definition) is 0. The van der Waals surface area contributed by atoms with Gasteiger partial charge in [-0.05, 0) is 98.3 Å². The number of thiocarbonyl (C=S) groups is 1. The summed E-state index contributed by atoms with van der Waals surface area (Å²) in [5.74, 6) is 6.84. The summed E-state index contributed by atoms with van der Waals surface area (Å²) in [6.45, 7) is 0. The van der Waals surface area contributed by atoms with E-state index in [1.807, 2.05) is 17.3 Å². The summed E-state index contributed by atoms with van der Waals surface area (Å²) >= 11 is 4.40.